The molecule has 0 atom stereocenters. The van der Waals surface area contributed by atoms with Crippen LogP contribution in [0.3, 0.4) is 0 Å². The Labute approximate surface area is 159 Å². The van der Waals surface area contributed by atoms with Crippen molar-refractivity contribution in [3.63, 3.8) is 0 Å². The smallest absolute Gasteiger partial charge is 0.349 e. The fourth-order valence-corrected chi connectivity index (χ4v) is 3.18. The maximum atomic E-state index is 12.4. The second kappa shape index (κ2) is 7.15. The molecule has 4 rings (SSSR count). The van der Waals surface area contributed by atoms with Crippen LogP contribution < -0.4 is 16.5 Å². The van der Waals surface area contributed by atoms with Gasteiger partial charge in [0.15, 0.2) is 0 Å². The normalized spacial score (nSPS) is 11.0. The third-order valence-corrected chi connectivity index (χ3v) is 4.64. The number of carbonyl (C=O) groups is 1. The van der Waals surface area contributed by atoms with E-state index in [0.717, 1.165) is 16.5 Å². The van der Waals surface area contributed by atoms with Crippen molar-refractivity contribution >= 4 is 27.8 Å². The SMILES string of the molecule is Cc1ccc2[nH]c(=O)c(CCNC(=O)c3cc4ccccc4oc3=O)cc2c1. The van der Waals surface area contributed by atoms with Gasteiger partial charge in [0, 0.05) is 23.0 Å². The summed E-state index contributed by atoms with van der Waals surface area (Å²) in [5.41, 5.74) is 1.96. The number of H-pyrrole nitrogens is 1. The molecule has 0 unspecified atom stereocenters. The number of hydrogen-bond donors (Lipinski definition) is 2. The van der Waals surface area contributed by atoms with Crippen molar-refractivity contribution < 1.29 is 9.21 Å². The molecule has 4 aromatic rings. The molecule has 2 aromatic carbocycles. The van der Waals surface area contributed by atoms with Crippen molar-refractivity contribution in [3.8, 4) is 0 Å². The third kappa shape index (κ3) is 3.44. The van der Waals surface area contributed by atoms with E-state index in [1.165, 1.54) is 6.07 Å². The number of pyridine rings is 1. The molecule has 6 nitrogen and oxygen atoms in total. The quantitative estimate of drug-likeness (QED) is 0.537. The van der Waals surface area contributed by atoms with Gasteiger partial charge in [0.1, 0.15) is 11.1 Å². The summed E-state index contributed by atoms with van der Waals surface area (Å²) in [7, 11) is 0. The number of aromatic nitrogens is 1. The van der Waals surface area contributed by atoms with Crippen molar-refractivity contribution in [1.82, 2.24) is 10.3 Å². The molecule has 0 fully saturated rings. The molecule has 0 spiro atoms. The van der Waals surface area contributed by atoms with Crippen LogP contribution >= 0.6 is 0 Å². The summed E-state index contributed by atoms with van der Waals surface area (Å²) in [5, 5.41) is 4.30. The second-order valence-corrected chi connectivity index (χ2v) is 6.71. The van der Waals surface area contributed by atoms with Gasteiger partial charge in [-0.05, 0) is 49.1 Å². The minimum atomic E-state index is -0.685. The molecule has 0 bridgehead atoms. The van der Waals surface area contributed by atoms with Gasteiger partial charge in [0.25, 0.3) is 11.5 Å². The summed E-state index contributed by atoms with van der Waals surface area (Å²) >= 11 is 0. The molecule has 0 aliphatic heterocycles. The van der Waals surface area contributed by atoms with Gasteiger partial charge in [-0.3, -0.25) is 9.59 Å². The van der Waals surface area contributed by atoms with Crippen LogP contribution in [0, 0.1) is 6.92 Å². The van der Waals surface area contributed by atoms with Gasteiger partial charge in [0.2, 0.25) is 0 Å². The number of aryl methyl sites for hydroxylation is 1. The van der Waals surface area contributed by atoms with Crippen LogP contribution in [-0.4, -0.2) is 17.4 Å². The number of amides is 1. The zero-order valence-electron chi connectivity index (χ0n) is 15.2. The average molecular weight is 374 g/mol. The molecule has 0 aliphatic rings. The van der Waals surface area contributed by atoms with Gasteiger partial charge < -0.3 is 14.7 Å². The molecule has 2 N–H and O–H groups in total. The Morgan fingerprint density at radius 3 is 2.71 bits per heavy atom. The third-order valence-electron chi connectivity index (χ3n) is 4.64. The Morgan fingerprint density at radius 2 is 1.86 bits per heavy atom. The van der Waals surface area contributed by atoms with Gasteiger partial charge in [-0.1, -0.05) is 29.8 Å². The number of carbonyl (C=O) groups excluding carboxylic acids is 1. The lowest BCUT2D eigenvalue weighted by Gasteiger charge is -2.07. The lowest BCUT2D eigenvalue weighted by molar-refractivity contribution is 0.0950. The maximum Gasteiger partial charge on any atom is 0.349 e. The van der Waals surface area contributed by atoms with Crippen LogP contribution in [0.1, 0.15) is 21.5 Å². The molecular weight excluding hydrogens is 356 g/mol. The van der Waals surface area contributed by atoms with Crippen molar-refractivity contribution in [1.29, 1.82) is 0 Å². The molecular formula is C22H18N2O4. The standard InChI is InChI=1S/C22H18N2O4/c1-13-6-7-18-16(10-13)11-15(20(25)24-18)8-9-23-21(26)17-12-14-4-2-3-5-19(14)28-22(17)27/h2-7,10-12H,8-9H2,1H3,(H,23,26)(H,24,25). The first-order valence-electron chi connectivity index (χ1n) is 8.95. The van der Waals surface area contributed by atoms with Crippen molar-refractivity contribution in [2.24, 2.45) is 0 Å². The highest BCUT2D eigenvalue weighted by Crippen LogP contribution is 2.14. The summed E-state index contributed by atoms with van der Waals surface area (Å²) < 4.78 is 5.19. The highest BCUT2D eigenvalue weighted by atomic mass is 16.4. The number of fused-ring (bicyclic) bond motifs is 2. The Bertz CT molecular complexity index is 1320. The first-order chi connectivity index (χ1) is 13.5. The fraction of sp³-hybridized carbons (Fsp3) is 0.136. The fourth-order valence-electron chi connectivity index (χ4n) is 3.18. The van der Waals surface area contributed by atoms with Crippen LogP contribution in [0.2, 0.25) is 0 Å². The average Bonchev–Trinajstić information content (AvgIpc) is 2.68. The van der Waals surface area contributed by atoms with E-state index in [-0.39, 0.29) is 17.7 Å². The lowest BCUT2D eigenvalue weighted by atomic mass is 10.1. The van der Waals surface area contributed by atoms with Gasteiger partial charge in [0.05, 0.1) is 0 Å². The number of hydrogen-bond acceptors (Lipinski definition) is 4. The van der Waals surface area contributed by atoms with Crippen LogP contribution in [0.15, 0.2) is 68.6 Å². The number of rotatable bonds is 4. The monoisotopic (exact) mass is 374 g/mol. The van der Waals surface area contributed by atoms with Crippen LogP contribution in [-0.2, 0) is 6.42 Å². The van der Waals surface area contributed by atoms with E-state index in [9.17, 15) is 14.4 Å². The van der Waals surface area contributed by atoms with Crippen molar-refractivity contribution in [2.45, 2.75) is 13.3 Å². The number of nitrogens with one attached hydrogen (secondary N) is 2. The van der Waals surface area contributed by atoms with Gasteiger partial charge >= 0.3 is 5.63 Å². The molecule has 0 saturated heterocycles. The predicted molar refractivity (Wildman–Crippen MR) is 108 cm³/mol. The van der Waals surface area contributed by atoms with Crippen LogP contribution in [0.4, 0.5) is 0 Å². The van der Waals surface area contributed by atoms with E-state index in [2.05, 4.69) is 10.3 Å². The topological polar surface area (TPSA) is 92.2 Å². The highest BCUT2D eigenvalue weighted by molar-refractivity contribution is 5.96. The lowest BCUT2D eigenvalue weighted by Crippen LogP contribution is -2.30. The minimum Gasteiger partial charge on any atom is -0.422 e. The highest BCUT2D eigenvalue weighted by Gasteiger charge is 2.13. The molecule has 6 heteroatoms. The zero-order valence-corrected chi connectivity index (χ0v) is 15.2. The van der Waals surface area contributed by atoms with Gasteiger partial charge in [-0.15, -0.1) is 0 Å². The number of benzene rings is 2. The van der Waals surface area contributed by atoms with E-state index in [1.807, 2.05) is 31.2 Å². The van der Waals surface area contributed by atoms with E-state index in [0.29, 0.717) is 23.0 Å². The molecule has 2 heterocycles. The van der Waals surface area contributed by atoms with Crippen molar-refractivity contribution in [2.75, 3.05) is 6.54 Å². The largest absolute Gasteiger partial charge is 0.422 e. The molecule has 0 aliphatic carbocycles. The number of aromatic amines is 1. The zero-order chi connectivity index (χ0) is 19.7. The van der Waals surface area contributed by atoms with Crippen LogP contribution in [0.25, 0.3) is 21.9 Å². The molecule has 2 aromatic heterocycles. The number of para-hydroxylation sites is 1. The second-order valence-electron chi connectivity index (χ2n) is 6.71. The Morgan fingerprint density at radius 1 is 1.04 bits per heavy atom. The molecule has 0 radical (unpaired) electrons. The molecule has 1 amide bonds. The summed E-state index contributed by atoms with van der Waals surface area (Å²) in [6.07, 6.45) is 0.351. The first-order valence-corrected chi connectivity index (χ1v) is 8.95. The van der Waals surface area contributed by atoms with Gasteiger partial charge in [-0.25, -0.2) is 4.79 Å². The molecule has 0 saturated carbocycles. The Hall–Kier alpha value is -3.67. The Balaban J connectivity index is 1.51. The van der Waals surface area contributed by atoms with Gasteiger partial charge in [-0.2, -0.15) is 0 Å². The minimum absolute atomic E-state index is 0.0539. The summed E-state index contributed by atoms with van der Waals surface area (Å²) in [6, 6.07) is 16.2. The summed E-state index contributed by atoms with van der Waals surface area (Å²) in [5.74, 6) is -0.521. The summed E-state index contributed by atoms with van der Waals surface area (Å²) in [6.45, 7) is 2.21. The summed E-state index contributed by atoms with van der Waals surface area (Å²) in [4.78, 5) is 39.5. The first kappa shape index (κ1) is 17.7. The van der Waals surface area contributed by atoms with E-state index in [1.54, 1.807) is 24.3 Å². The van der Waals surface area contributed by atoms with E-state index >= 15 is 0 Å². The van der Waals surface area contributed by atoms with E-state index < -0.39 is 11.5 Å². The molecule has 28 heavy (non-hydrogen) atoms. The molecule has 140 valence electrons. The predicted octanol–water partition coefficient (Wildman–Crippen LogP) is 2.92. The maximum absolute atomic E-state index is 12.4. The van der Waals surface area contributed by atoms with Crippen LogP contribution in [0.5, 0.6) is 0 Å². The van der Waals surface area contributed by atoms with E-state index in [4.69, 9.17) is 4.42 Å². The Kier molecular flexibility index (Phi) is 4.53. The van der Waals surface area contributed by atoms with Crippen molar-refractivity contribution in [3.05, 3.63) is 92.1 Å².